The maximum atomic E-state index is 13.6. The lowest BCUT2D eigenvalue weighted by Crippen LogP contribution is -2.70. The summed E-state index contributed by atoms with van der Waals surface area (Å²) in [6.07, 6.45) is 4.42. The Balaban J connectivity index is 1.13. The van der Waals surface area contributed by atoms with Crippen molar-refractivity contribution in [2.24, 2.45) is 23.2 Å². The molecule has 2 bridgehead atoms. The molecule has 3 unspecified atom stereocenters. The molecule has 1 aliphatic heterocycles. The van der Waals surface area contributed by atoms with Crippen molar-refractivity contribution in [1.29, 1.82) is 0 Å². The number of hydrogen-bond acceptors (Lipinski definition) is 4. The van der Waals surface area contributed by atoms with Crippen LogP contribution in [0.1, 0.15) is 42.4 Å². The molecule has 7 atom stereocenters. The van der Waals surface area contributed by atoms with E-state index in [2.05, 4.69) is 10.2 Å². The summed E-state index contributed by atoms with van der Waals surface area (Å²) in [4.78, 5) is 15.9. The number of phenolic OH excluding ortho intramolecular Hbond substituents is 1. The highest BCUT2D eigenvalue weighted by molar-refractivity contribution is 5.81. The minimum Gasteiger partial charge on any atom is -0.508 e. The van der Waals surface area contributed by atoms with Gasteiger partial charge in [-0.05, 0) is 84.9 Å². The first-order chi connectivity index (χ1) is 16.8. The van der Waals surface area contributed by atoms with Crippen LogP contribution in [0.25, 0.3) is 0 Å². The summed E-state index contributed by atoms with van der Waals surface area (Å²) in [5, 5.41) is 25.8. The predicted molar refractivity (Wildman–Crippen MR) is 122 cm³/mol. The van der Waals surface area contributed by atoms with Crippen molar-refractivity contribution in [3.8, 4) is 5.75 Å². The Kier molecular flexibility index (Phi) is 3.68. The van der Waals surface area contributed by atoms with E-state index in [-0.39, 0.29) is 35.6 Å². The molecule has 5 fully saturated rings. The zero-order valence-corrected chi connectivity index (χ0v) is 19.3. The molecule has 5 aliphatic carbocycles. The summed E-state index contributed by atoms with van der Waals surface area (Å²) in [7, 11) is 0. The second-order valence-corrected chi connectivity index (χ2v) is 12.1. The van der Waals surface area contributed by atoms with Gasteiger partial charge in [-0.1, -0.05) is 12.1 Å². The largest absolute Gasteiger partial charge is 0.508 e. The number of rotatable bonds is 5. The van der Waals surface area contributed by atoms with Gasteiger partial charge in [0, 0.05) is 41.9 Å². The number of hydrogen-bond donors (Lipinski definition) is 3. The number of aromatic hydroxyl groups is 1. The van der Waals surface area contributed by atoms with Crippen LogP contribution in [0.5, 0.6) is 5.75 Å². The van der Waals surface area contributed by atoms with Crippen LogP contribution in [0.3, 0.4) is 0 Å². The zero-order chi connectivity index (χ0) is 23.9. The molecular weight excluding hydrogens is 450 g/mol. The predicted octanol–water partition coefficient (Wildman–Crippen LogP) is 3.01. The van der Waals surface area contributed by atoms with Gasteiger partial charge in [0.1, 0.15) is 5.75 Å². The number of carbonyl (C=O) groups is 1. The van der Waals surface area contributed by atoms with E-state index >= 15 is 0 Å². The van der Waals surface area contributed by atoms with Crippen LogP contribution in [0.2, 0.25) is 0 Å². The molecule has 1 amide bonds. The maximum absolute atomic E-state index is 13.6. The molecule has 1 saturated heterocycles. The number of likely N-dealkylation sites (tertiary alicyclic amines) is 1. The Hall–Kier alpha value is -2.51. The lowest BCUT2D eigenvalue weighted by atomic mass is 9.63. The second-order valence-electron chi connectivity index (χ2n) is 12.1. The average molecular weight is 479 g/mol. The smallest absolute Gasteiger partial charge is 0.223 e. The molecule has 6 aliphatic rings. The van der Waals surface area contributed by atoms with E-state index in [0.717, 1.165) is 36.6 Å². The maximum Gasteiger partial charge on any atom is 0.223 e. The molecule has 2 aromatic rings. The number of phenols is 1. The number of aliphatic hydroxyl groups is 1. The molecule has 5 nitrogen and oxygen atoms in total. The fraction of sp³-hybridized carbons (Fsp3) is 0.536. The van der Waals surface area contributed by atoms with E-state index in [9.17, 15) is 23.8 Å². The van der Waals surface area contributed by atoms with Crippen LogP contribution >= 0.6 is 0 Å². The molecule has 1 heterocycles. The van der Waals surface area contributed by atoms with Crippen LogP contribution in [-0.4, -0.2) is 45.2 Å². The van der Waals surface area contributed by atoms with Gasteiger partial charge < -0.3 is 15.5 Å². The van der Waals surface area contributed by atoms with Gasteiger partial charge in [-0.15, -0.1) is 0 Å². The third-order valence-corrected chi connectivity index (χ3v) is 10.5. The van der Waals surface area contributed by atoms with Crippen molar-refractivity contribution in [2.75, 3.05) is 6.54 Å². The number of carbonyl (C=O) groups excluding carboxylic acids is 1. The minimum atomic E-state index is -1.01. The van der Waals surface area contributed by atoms with Crippen molar-refractivity contribution in [3.05, 3.63) is 64.7 Å². The molecule has 8 rings (SSSR count). The number of piperidine rings is 1. The van der Waals surface area contributed by atoms with Crippen molar-refractivity contribution in [2.45, 2.75) is 61.7 Å². The van der Waals surface area contributed by atoms with Gasteiger partial charge in [-0.25, -0.2) is 8.78 Å². The summed E-state index contributed by atoms with van der Waals surface area (Å²) in [5.41, 5.74) is 1.33. The topological polar surface area (TPSA) is 72.8 Å². The Bertz CT molecular complexity index is 1310. The first kappa shape index (κ1) is 20.7. The van der Waals surface area contributed by atoms with Gasteiger partial charge in [0.15, 0.2) is 11.6 Å². The highest BCUT2D eigenvalue weighted by atomic mass is 19.2. The van der Waals surface area contributed by atoms with Crippen molar-refractivity contribution in [3.63, 3.8) is 0 Å². The van der Waals surface area contributed by atoms with E-state index in [1.54, 1.807) is 6.07 Å². The quantitative estimate of drug-likeness (QED) is 0.618. The van der Waals surface area contributed by atoms with E-state index in [1.165, 1.54) is 24.5 Å². The van der Waals surface area contributed by atoms with Crippen molar-refractivity contribution < 1.29 is 23.8 Å². The number of nitrogens with one attached hydrogen (secondary N) is 1. The summed E-state index contributed by atoms with van der Waals surface area (Å²) in [6.45, 7) is 1.16. The highest BCUT2D eigenvalue weighted by Crippen LogP contribution is 2.89. The molecule has 2 aromatic carbocycles. The van der Waals surface area contributed by atoms with Gasteiger partial charge in [0.05, 0.1) is 5.60 Å². The molecule has 35 heavy (non-hydrogen) atoms. The van der Waals surface area contributed by atoms with E-state index in [4.69, 9.17) is 0 Å². The lowest BCUT2D eigenvalue weighted by Gasteiger charge is -2.56. The van der Waals surface area contributed by atoms with Crippen molar-refractivity contribution in [1.82, 2.24) is 10.2 Å². The highest BCUT2D eigenvalue weighted by Gasteiger charge is 2.98. The number of halogens is 2. The number of amides is 1. The summed E-state index contributed by atoms with van der Waals surface area (Å²) in [6, 6.07) is 9.75. The molecule has 4 saturated carbocycles. The Morgan fingerprint density at radius 3 is 2.71 bits per heavy atom. The number of benzene rings is 2. The molecule has 0 aromatic heterocycles. The third-order valence-electron chi connectivity index (χ3n) is 10.5. The molecule has 182 valence electrons. The van der Waals surface area contributed by atoms with Crippen molar-refractivity contribution >= 4 is 5.91 Å². The first-order valence-electron chi connectivity index (χ1n) is 12.8. The minimum absolute atomic E-state index is 0.0594. The first-order valence-corrected chi connectivity index (χ1v) is 12.8. The molecule has 2 spiro atoms. The van der Waals surface area contributed by atoms with E-state index in [0.29, 0.717) is 30.4 Å². The van der Waals surface area contributed by atoms with Gasteiger partial charge >= 0.3 is 0 Å². The summed E-state index contributed by atoms with van der Waals surface area (Å²) >= 11 is 0. The SMILES string of the molecule is O=C(NCc1ccc(F)c(F)c1)[C@@H]1C[C@@]2(O)[C@@H]3N(CC4CC4)C4C5C43Cc3ccc(O)cc3[C@]52C1. The fourth-order valence-corrected chi connectivity index (χ4v) is 9.32. The van der Waals surface area contributed by atoms with E-state index < -0.39 is 22.7 Å². The van der Waals surface area contributed by atoms with Crippen LogP contribution in [0.4, 0.5) is 8.78 Å². The zero-order valence-electron chi connectivity index (χ0n) is 19.3. The Labute approximate surface area is 202 Å². The second kappa shape index (κ2) is 6.24. The van der Waals surface area contributed by atoms with Gasteiger partial charge in [0.2, 0.25) is 5.91 Å². The fourth-order valence-electron chi connectivity index (χ4n) is 9.32. The molecule has 7 heteroatoms. The van der Waals surface area contributed by atoms with Gasteiger partial charge in [-0.3, -0.25) is 9.69 Å². The van der Waals surface area contributed by atoms with E-state index in [1.807, 2.05) is 12.1 Å². The standard InChI is InChI=1S/C28H28F2N2O3/c29-20-6-3-15(7-21(20)30)12-31-24(34)17-10-27-19-8-18(33)5-4-16(19)9-26-22(27)23(26)32(13-14-1-2-14)25(26)28(27,35)11-17/h3-8,14,17,22-23,25,33,35H,1-2,9-13H2,(H,31,34)/t17-,22?,23?,25+,26?,27+,28+/m0/s1. The lowest BCUT2D eigenvalue weighted by molar-refractivity contribution is -0.151. The summed E-state index contributed by atoms with van der Waals surface area (Å²) < 4.78 is 26.9. The van der Waals surface area contributed by atoms with Gasteiger partial charge in [-0.2, -0.15) is 0 Å². The van der Waals surface area contributed by atoms with Crippen LogP contribution < -0.4 is 5.32 Å². The molecule has 3 N–H and O–H groups in total. The van der Waals surface area contributed by atoms with Crippen LogP contribution in [0, 0.1) is 34.8 Å². The Morgan fingerprint density at radius 2 is 1.94 bits per heavy atom. The van der Waals surface area contributed by atoms with Crippen LogP contribution in [-0.2, 0) is 23.2 Å². The molecular formula is C28H28F2N2O3. The Morgan fingerprint density at radius 1 is 1.11 bits per heavy atom. The van der Waals surface area contributed by atoms with Crippen LogP contribution in [0.15, 0.2) is 36.4 Å². The summed E-state index contributed by atoms with van der Waals surface area (Å²) in [5.74, 6) is -1.11. The number of nitrogens with zero attached hydrogens (tertiary/aromatic N) is 1. The molecule has 0 radical (unpaired) electrons. The third kappa shape index (κ3) is 2.28. The normalized spacial score (nSPS) is 41.6. The van der Waals surface area contributed by atoms with Gasteiger partial charge in [0.25, 0.3) is 0 Å². The average Bonchev–Trinajstić information content (AvgIpc) is 3.69. The monoisotopic (exact) mass is 478 g/mol. The number of fused-ring (bicyclic) bond motifs is 2.